The van der Waals surface area contributed by atoms with Gasteiger partial charge in [-0.25, -0.2) is 0 Å². The summed E-state index contributed by atoms with van der Waals surface area (Å²) in [6, 6.07) is 15.5. The summed E-state index contributed by atoms with van der Waals surface area (Å²) in [4.78, 5) is 18.3. The molecule has 0 spiro atoms. The number of hydrogen-bond donors (Lipinski definition) is 2. The van der Waals surface area contributed by atoms with Gasteiger partial charge in [-0.2, -0.15) is 0 Å². The molecule has 1 aromatic heterocycles. The Hall–Kier alpha value is -2.01. The monoisotopic (exact) mass is 387 g/mol. The Bertz CT molecular complexity index is 962. The zero-order valence-electron chi connectivity index (χ0n) is 14.4. The first-order valence-corrected chi connectivity index (χ1v) is 9.30. The summed E-state index contributed by atoms with van der Waals surface area (Å²) >= 11 is 12.4. The molecule has 1 fully saturated rings. The molecule has 1 saturated heterocycles. The number of carbonyl (C=O) groups is 1. The first-order valence-electron chi connectivity index (χ1n) is 8.54. The average Bonchev–Trinajstić information content (AvgIpc) is 3.32. The normalized spacial score (nSPS) is 19.8. The predicted octanol–water partition coefficient (Wildman–Crippen LogP) is 4.44. The maximum Gasteiger partial charge on any atom is 0.270 e. The fourth-order valence-electron chi connectivity index (χ4n) is 3.79. The molecule has 0 saturated carbocycles. The Labute approximate surface area is 162 Å². The van der Waals surface area contributed by atoms with Gasteiger partial charge in [-0.15, -0.1) is 0 Å². The van der Waals surface area contributed by atoms with Crippen molar-refractivity contribution >= 4 is 40.0 Å². The number of H-pyrrole nitrogens is 1. The summed E-state index contributed by atoms with van der Waals surface area (Å²) in [5, 5.41) is 5.10. The van der Waals surface area contributed by atoms with Gasteiger partial charge in [-0.3, -0.25) is 4.79 Å². The maximum absolute atomic E-state index is 13.3. The molecule has 4 nitrogen and oxygen atoms in total. The number of hydrogen-bond acceptors (Lipinski definition) is 2. The summed E-state index contributed by atoms with van der Waals surface area (Å²) in [5.41, 5.74) is 2.08. The number of benzene rings is 2. The molecule has 1 amide bonds. The van der Waals surface area contributed by atoms with E-state index in [0.717, 1.165) is 36.0 Å². The molecule has 2 aromatic carbocycles. The number of aromatic amines is 1. The molecule has 2 N–H and O–H groups in total. The molecule has 4 rings (SSSR count). The Morgan fingerprint density at radius 1 is 1.15 bits per heavy atom. The molecule has 26 heavy (non-hydrogen) atoms. The van der Waals surface area contributed by atoms with Gasteiger partial charge in [-0.1, -0.05) is 53.5 Å². The van der Waals surface area contributed by atoms with Gasteiger partial charge >= 0.3 is 0 Å². The molecule has 1 aliphatic heterocycles. The number of rotatable bonds is 3. The second kappa shape index (κ2) is 6.62. The molecular formula is C20H19Cl2N3O. The van der Waals surface area contributed by atoms with Gasteiger partial charge < -0.3 is 15.2 Å². The molecule has 2 heterocycles. The van der Waals surface area contributed by atoms with E-state index in [-0.39, 0.29) is 11.4 Å². The Morgan fingerprint density at radius 2 is 1.92 bits per heavy atom. The molecule has 1 unspecified atom stereocenters. The van der Waals surface area contributed by atoms with Crippen molar-refractivity contribution in [2.45, 2.75) is 12.0 Å². The van der Waals surface area contributed by atoms with Crippen LogP contribution in [0.15, 0.2) is 48.5 Å². The van der Waals surface area contributed by atoms with Crippen LogP contribution in [0.1, 0.15) is 22.5 Å². The Kier molecular flexibility index (Phi) is 4.43. The molecule has 3 aromatic rings. The van der Waals surface area contributed by atoms with Crippen LogP contribution in [0, 0.1) is 0 Å². The van der Waals surface area contributed by atoms with E-state index in [0.29, 0.717) is 15.7 Å². The molecular weight excluding hydrogens is 369 g/mol. The first-order chi connectivity index (χ1) is 12.5. The van der Waals surface area contributed by atoms with Gasteiger partial charge in [-0.05, 0) is 36.7 Å². The van der Waals surface area contributed by atoms with E-state index in [4.69, 9.17) is 23.2 Å². The van der Waals surface area contributed by atoms with E-state index in [9.17, 15) is 4.79 Å². The van der Waals surface area contributed by atoms with Crippen LogP contribution in [0.5, 0.6) is 0 Å². The lowest BCUT2D eigenvalue weighted by Gasteiger charge is -2.38. The average molecular weight is 388 g/mol. The number of carbonyl (C=O) groups excluding carboxylic acids is 1. The summed E-state index contributed by atoms with van der Waals surface area (Å²) in [5.74, 6) is -0.0686. The van der Waals surface area contributed by atoms with Crippen molar-refractivity contribution in [2.75, 3.05) is 20.1 Å². The van der Waals surface area contributed by atoms with Gasteiger partial charge in [0.25, 0.3) is 5.91 Å². The molecule has 1 atom stereocenters. The number of likely N-dealkylation sites (N-methyl/N-ethyl adjacent to an activating group) is 1. The Morgan fingerprint density at radius 3 is 2.62 bits per heavy atom. The number of fused-ring (bicyclic) bond motifs is 1. The lowest BCUT2D eigenvalue weighted by Crippen LogP contribution is -2.48. The topological polar surface area (TPSA) is 48.1 Å². The van der Waals surface area contributed by atoms with Crippen molar-refractivity contribution in [3.8, 4) is 0 Å². The van der Waals surface area contributed by atoms with Crippen molar-refractivity contribution in [3.05, 3.63) is 69.8 Å². The number of halogens is 2. The number of nitrogens with one attached hydrogen (secondary N) is 2. The van der Waals surface area contributed by atoms with E-state index in [2.05, 4.69) is 22.4 Å². The zero-order chi connectivity index (χ0) is 18.3. The first kappa shape index (κ1) is 17.4. The van der Waals surface area contributed by atoms with Gasteiger partial charge in [0.1, 0.15) is 5.69 Å². The largest absolute Gasteiger partial charge is 0.350 e. The van der Waals surface area contributed by atoms with Crippen LogP contribution in [-0.4, -0.2) is 35.9 Å². The molecule has 0 radical (unpaired) electrons. The smallest absolute Gasteiger partial charge is 0.270 e. The fourth-order valence-corrected chi connectivity index (χ4v) is 4.17. The summed E-state index contributed by atoms with van der Waals surface area (Å²) in [6.07, 6.45) is 0.867. The summed E-state index contributed by atoms with van der Waals surface area (Å²) < 4.78 is 0. The quantitative estimate of drug-likeness (QED) is 0.697. The highest BCUT2D eigenvalue weighted by atomic mass is 35.5. The van der Waals surface area contributed by atoms with E-state index in [1.165, 1.54) is 0 Å². The highest BCUT2D eigenvalue weighted by molar-refractivity contribution is 6.45. The fraction of sp³-hybridized carbons (Fsp3) is 0.250. The number of aromatic nitrogens is 1. The summed E-state index contributed by atoms with van der Waals surface area (Å²) in [6.45, 7) is 1.60. The number of nitrogens with zero attached hydrogens (tertiary/aromatic N) is 1. The van der Waals surface area contributed by atoms with E-state index in [1.54, 1.807) is 12.1 Å². The molecule has 1 aliphatic rings. The van der Waals surface area contributed by atoms with Crippen molar-refractivity contribution in [1.82, 2.24) is 15.2 Å². The van der Waals surface area contributed by atoms with Crippen LogP contribution in [-0.2, 0) is 5.54 Å². The van der Waals surface area contributed by atoms with Gasteiger partial charge in [0.2, 0.25) is 0 Å². The summed E-state index contributed by atoms with van der Waals surface area (Å²) in [7, 11) is 1.86. The Balaban J connectivity index is 1.74. The third-order valence-electron chi connectivity index (χ3n) is 5.31. The minimum atomic E-state index is -0.364. The van der Waals surface area contributed by atoms with Crippen molar-refractivity contribution in [1.29, 1.82) is 0 Å². The van der Waals surface area contributed by atoms with Gasteiger partial charge in [0.05, 0.1) is 15.6 Å². The second-order valence-electron chi connectivity index (χ2n) is 6.69. The van der Waals surface area contributed by atoms with Gasteiger partial charge in [0.15, 0.2) is 0 Å². The SMILES string of the molecule is CN(C(=O)c1cc2c(Cl)c(Cl)ccc2[nH]1)C1(c2ccccc2)CCNC1. The molecule has 6 heteroatoms. The van der Waals surface area contributed by atoms with Crippen molar-refractivity contribution in [2.24, 2.45) is 0 Å². The van der Waals surface area contributed by atoms with E-state index >= 15 is 0 Å². The third kappa shape index (κ3) is 2.69. The number of amides is 1. The highest BCUT2D eigenvalue weighted by Gasteiger charge is 2.42. The predicted molar refractivity (Wildman–Crippen MR) is 106 cm³/mol. The standard InChI is InChI=1S/C20H19Cl2N3O/c1-25(20(9-10-23-12-20)13-5-3-2-4-6-13)19(26)17-11-14-16(24-17)8-7-15(21)18(14)22/h2-8,11,23-24H,9-10,12H2,1H3. The van der Waals surface area contributed by atoms with Gasteiger partial charge in [0, 0.05) is 24.5 Å². The van der Waals surface area contributed by atoms with Crippen LogP contribution in [0.3, 0.4) is 0 Å². The van der Waals surface area contributed by atoms with Crippen LogP contribution in [0.4, 0.5) is 0 Å². The van der Waals surface area contributed by atoms with Crippen LogP contribution >= 0.6 is 23.2 Å². The lowest BCUT2D eigenvalue weighted by molar-refractivity contribution is 0.0583. The van der Waals surface area contributed by atoms with E-state index < -0.39 is 0 Å². The third-order valence-corrected chi connectivity index (χ3v) is 6.13. The molecule has 0 aliphatic carbocycles. The lowest BCUT2D eigenvalue weighted by atomic mass is 9.87. The van der Waals surface area contributed by atoms with Crippen molar-refractivity contribution in [3.63, 3.8) is 0 Å². The van der Waals surface area contributed by atoms with Crippen LogP contribution < -0.4 is 5.32 Å². The van der Waals surface area contributed by atoms with E-state index in [1.807, 2.05) is 36.2 Å². The molecule has 134 valence electrons. The van der Waals surface area contributed by atoms with Crippen LogP contribution in [0.2, 0.25) is 10.0 Å². The highest BCUT2D eigenvalue weighted by Crippen LogP contribution is 2.36. The second-order valence-corrected chi connectivity index (χ2v) is 7.48. The molecule has 0 bridgehead atoms. The maximum atomic E-state index is 13.3. The minimum absolute atomic E-state index is 0.0686. The van der Waals surface area contributed by atoms with Crippen molar-refractivity contribution < 1.29 is 4.79 Å². The zero-order valence-corrected chi connectivity index (χ0v) is 15.9. The van der Waals surface area contributed by atoms with Crippen LogP contribution in [0.25, 0.3) is 10.9 Å². The minimum Gasteiger partial charge on any atom is -0.350 e.